The lowest BCUT2D eigenvalue weighted by Crippen LogP contribution is -2.49. The number of halogens is 1. The van der Waals surface area contributed by atoms with Gasteiger partial charge in [-0.1, -0.05) is 44.2 Å². The van der Waals surface area contributed by atoms with Crippen LogP contribution in [0.15, 0.2) is 35.3 Å². The summed E-state index contributed by atoms with van der Waals surface area (Å²) in [6.07, 6.45) is 0.471. The second-order valence-electron chi connectivity index (χ2n) is 7.06. The van der Waals surface area contributed by atoms with Crippen molar-refractivity contribution in [1.82, 2.24) is 15.1 Å². The Morgan fingerprint density at radius 1 is 1.37 bits per heavy atom. The monoisotopic (exact) mass is 504 g/mol. The van der Waals surface area contributed by atoms with E-state index in [1.807, 2.05) is 44.4 Å². The van der Waals surface area contributed by atoms with Crippen LogP contribution < -0.4 is 5.32 Å². The maximum Gasteiger partial charge on any atom is 0.224 e. The zero-order valence-electron chi connectivity index (χ0n) is 16.9. The smallest absolute Gasteiger partial charge is 0.224 e. The Balaban J connectivity index is 0.00000364. The molecule has 0 aliphatic carbocycles. The minimum Gasteiger partial charge on any atom is -0.356 e. The molecule has 1 fully saturated rings. The summed E-state index contributed by atoms with van der Waals surface area (Å²) in [6, 6.07) is 10.1. The number of carbonyl (C=O) groups excluding carboxylic acids is 1. The molecule has 0 aromatic heterocycles. The highest BCUT2D eigenvalue weighted by Gasteiger charge is 2.24. The van der Waals surface area contributed by atoms with E-state index in [4.69, 9.17) is 0 Å². The maximum absolute atomic E-state index is 12.4. The normalized spacial score (nSPS) is 17.4. The van der Waals surface area contributed by atoms with Crippen LogP contribution in [0.1, 0.15) is 25.8 Å². The molecule has 2 rings (SSSR count). The molecule has 27 heavy (non-hydrogen) atoms. The Morgan fingerprint density at radius 2 is 2.07 bits per heavy atom. The second kappa shape index (κ2) is 12.5. The first-order valence-electron chi connectivity index (χ1n) is 9.36. The van der Waals surface area contributed by atoms with Crippen molar-refractivity contribution in [3.05, 3.63) is 35.9 Å². The third-order valence-corrected chi connectivity index (χ3v) is 6.20. The van der Waals surface area contributed by atoms with Gasteiger partial charge in [-0.15, -0.1) is 24.0 Å². The number of amides is 1. The lowest BCUT2D eigenvalue weighted by Gasteiger charge is -2.36. The van der Waals surface area contributed by atoms with E-state index in [-0.39, 0.29) is 29.9 Å². The molecule has 0 saturated carbocycles. The summed E-state index contributed by atoms with van der Waals surface area (Å²) in [6.45, 7) is 7.84. The van der Waals surface area contributed by atoms with Crippen LogP contribution in [0.5, 0.6) is 0 Å². The van der Waals surface area contributed by atoms with E-state index in [0.29, 0.717) is 30.7 Å². The fourth-order valence-electron chi connectivity index (χ4n) is 3.02. The van der Waals surface area contributed by atoms with Gasteiger partial charge in [0, 0.05) is 57.7 Å². The van der Waals surface area contributed by atoms with Crippen molar-refractivity contribution in [1.29, 1.82) is 0 Å². The van der Waals surface area contributed by atoms with Crippen LogP contribution in [0.2, 0.25) is 0 Å². The fraction of sp³-hybridized carbons (Fsp3) is 0.600. The fourth-order valence-corrected chi connectivity index (χ4v) is 4.32. The van der Waals surface area contributed by atoms with Crippen LogP contribution in [0, 0.1) is 5.92 Å². The molecule has 1 aromatic carbocycles. The lowest BCUT2D eigenvalue weighted by molar-refractivity contribution is -0.130. The zero-order valence-corrected chi connectivity index (χ0v) is 20.0. The first-order chi connectivity index (χ1) is 12.5. The molecule has 1 aromatic rings. The molecule has 0 bridgehead atoms. The Labute approximate surface area is 185 Å². The molecule has 0 spiro atoms. The van der Waals surface area contributed by atoms with Gasteiger partial charge in [0.05, 0.1) is 0 Å². The molecule has 1 aliphatic heterocycles. The topological polar surface area (TPSA) is 47.9 Å². The van der Waals surface area contributed by atoms with Crippen molar-refractivity contribution < 1.29 is 4.79 Å². The van der Waals surface area contributed by atoms with E-state index in [0.717, 1.165) is 30.4 Å². The number of carbonyl (C=O) groups is 1. The number of guanidine groups is 1. The Bertz CT molecular complexity index is 597. The number of nitrogens with one attached hydrogen (secondary N) is 1. The summed E-state index contributed by atoms with van der Waals surface area (Å²) in [5, 5.41) is 4.01. The van der Waals surface area contributed by atoms with Gasteiger partial charge in [-0.2, -0.15) is 11.8 Å². The van der Waals surface area contributed by atoms with Gasteiger partial charge in [-0.05, 0) is 11.5 Å². The number of hydrogen-bond acceptors (Lipinski definition) is 3. The van der Waals surface area contributed by atoms with Gasteiger partial charge in [0.2, 0.25) is 5.91 Å². The average Bonchev–Trinajstić information content (AvgIpc) is 2.66. The molecule has 1 saturated heterocycles. The third-order valence-electron chi connectivity index (χ3n) is 4.66. The minimum absolute atomic E-state index is 0. The zero-order chi connectivity index (χ0) is 18.9. The average molecular weight is 504 g/mol. The molecule has 1 aliphatic rings. The van der Waals surface area contributed by atoms with E-state index in [1.54, 1.807) is 4.90 Å². The summed E-state index contributed by atoms with van der Waals surface area (Å²) < 4.78 is 0. The van der Waals surface area contributed by atoms with Gasteiger partial charge in [0.15, 0.2) is 5.96 Å². The van der Waals surface area contributed by atoms with E-state index >= 15 is 0 Å². The predicted molar refractivity (Wildman–Crippen MR) is 127 cm³/mol. The van der Waals surface area contributed by atoms with Gasteiger partial charge < -0.3 is 15.1 Å². The van der Waals surface area contributed by atoms with Crippen LogP contribution in [0.4, 0.5) is 0 Å². The number of thioether (sulfide) groups is 1. The molecule has 1 heterocycles. The lowest BCUT2D eigenvalue weighted by atomic mass is 10.1. The first-order valence-corrected chi connectivity index (χ1v) is 10.4. The summed E-state index contributed by atoms with van der Waals surface area (Å²) in [7, 11) is 3.68. The van der Waals surface area contributed by atoms with Crippen molar-refractivity contribution in [3.8, 4) is 0 Å². The van der Waals surface area contributed by atoms with Crippen LogP contribution in [-0.2, 0) is 11.3 Å². The van der Waals surface area contributed by atoms with Gasteiger partial charge in [-0.3, -0.25) is 9.79 Å². The first kappa shape index (κ1) is 24.1. The summed E-state index contributed by atoms with van der Waals surface area (Å²) in [4.78, 5) is 20.9. The standard InChI is InChI=1S/C20H32N4OS.HI/c1-16(2)18-15-24(12-13-26-18)20(21-3)22-11-10-19(25)23(4)14-17-8-6-5-7-9-17;/h5-9,16,18H,10-15H2,1-4H3,(H,21,22);1H. The molecular formula is C20H33IN4OS. The SMILES string of the molecule is CN=C(NCCC(=O)N(C)Cc1ccccc1)N1CCSC(C(C)C)C1.I. The highest BCUT2D eigenvalue weighted by atomic mass is 127. The number of nitrogens with zero attached hydrogens (tertiary/aromatic N) is 3. The van der Waals surface area contributed by atoms with Crippen molar-refractivity contribution in [2.24, 2.45) is 10.9 Å². The Hall–Kier alpha value is -0.960. The van der Waals surface area contributed by atoms with Gasteiger partial charge in [-0.25, -0.2) is 0 Å². The highest BCUT2D eigenvalue weighted by Crippen LogP contribution is 2.24. The quantitative estimate of drug-likeness (QED) is 0.367. The molecule has 7 heteroatoms. The molecule has 1 amide bonds. The Morgan fingerprint density at radius 3 is 2.70 bits per heavy atom. The highest BCUT2D eigenvalue weighted by molar-refractivity contribution is 14.0. The van der Waals surface area contributed by atoms with E-state index < -0.39 is 0 Å². The molecular weight excluding hydrogens is 471 g/mol. The molecule has 152 valence electrons. The van der Waals surface area contributed by atoms with Crippen molar-refractivity contribution in [3.63, 3.8) is 0 Å². The largest absolute Gasteiger partial charge is 0.356 e. The van der Waals surface area contributed by atoms with Crippen molar-refractivity contribution in [2.75, 3.05) is 39.5 Å². The maximum atomic E-state index is 12.4. The summed E-state index contributed by atoms with van der Waals surface area (Å²) in [5.41, 5.74) is 1.15. The molecule has 5 nitrogen and oxygen atoms in total. The van der Waals surface area contributed by atoms with Crippen LogP contribution in [0.25, 0.3) is 0 Å². The molecule has 1 N–H and O–H groups in total. The van der Waals surface area contributed by atoms with Crippen LogP contribution in [-0.4, -0.2) is 66.4 Å². The second-order valence-corrected chi connectivity index (χ2v) is 8.41. The van der Waals surface area contributed by atoms with E-state index in [1.165, 1.54) is 0 Å². The van der Waals surface area contributed by atoms with Crippen molar-refractivity contribution >= 4 is 47.6 Å². The van der Waals surface area contributed by atoms with E-state index in [9.17, 15) is 4.79 Å². The van der Waals surface area contributed by atoms with Crippen LogP contribution >= 0.6 is 35.7 Å². The number of aliphatic imine (C=N–C) groups is 1. The van der Waals surface area contributed by atoms with Gasteiger partial charge in [0.1, 0.15) is 0 Å². The number of benzene rings is 1. The summed E-state index contributed by atoms with van der Waals surface area (Å²) in [5.74, 6) is 2.84. The number of rotatable bonds is 6. The third kappa shape index (κ3) is 7.89. The summed E-state index contributed by atoms with van der Waals surface area (Å²) >= 11 is 2.05. The van der Waals surface area contributed by atoms with Gasteiger partial charge >= 0.3 is 0 Å². The molecule has 0 radical (unpaired) electrons. The predicted octanol–water partition coefficient (Wildman–Crippen LogP) is 3.30. The van der Waals surface area contributed by atoms with Gasteiger partial charge in [0.25, 0.3) is 0 Å². The van der Waals surface area contributed by atoms with E-state index in [2.05, 4.69) is 40.8 Å². The minimum atomic E-state index is 0. The van der Waals surface area contributed by atoms with Crippen LogP contribution in [0.3, 0.4) is 0 Å². The molecule has 1 unspecified atom stereocenters. The Kier molecular flexibility index (Phi) is 11.1. The van der Waals surface area contributed by atoms with Crippen molar-refractivity contribution in [2.45, 2.75) is 32.1 Å². The number of hydrogen-bond donors (Lipinski definition) is 1. The molecule has 1 atom stereocenters.